The van der Waals surface area contributed by atoms with Crippen molar-refractivity contribution in [1.29, 1.82) is 0 Å². The summed E-state index contributed by atoms with van der Waals surface area (Å²) >= 11 is 2.13. The van der Waals surface area contributed by atoms with Gasteiger partial charge in [0.05, 0.1) is 0 Å². The number of cyclic esters (lactones) is 1. The number of carbonyl (C=O) groups is 1. The van der Waals surface area contributed by atoms with Gasteiger partial charge in [-0.1, -0.05) is 22.6 Å². The molecule has 0 aromatic carbocycles. The standard InChI is InChI=1S/C8H9IO2/c1-8(2)6(5-9)3-4-7(10)11-8/h3-5H,1-2H3/b6-5+. The molecule has 11 heavy (non-hydrogen) atoms. The van der Waals surface area contributed by atoms with Crippen molar-refractivity contribution >= 4 is 28.6 Å². The topological polar surface area (TPSA) is 26.3 Å². The van der Waals surface area contributed by atoms with E-state index in [9.17, 15) is 4.79 Å². The Morgan fingerprint density at radius 1 is 1.55 bits per heavy atom. The predicted molar refractivity (Wildman–Crippen MR) is 51.4 cm³/mol. The summed E-state index contributed by atoms with van der Waals surface area (Å²) in [5.41, 5.74) is 0.560. The minimum absolute atomic E-state index is 0.267. The average molecular weight is 264 g/mol. The van der Waals surface area contributed by atoms with Crippen LogP contribution in [0.3, 0.4) is 0 Å². The van der Waals surface area contributed by atoms with Gasteiger partial charge in [-0.2, -0.15) is 0 Å². The molecule has 0 saturated carbocycles. The van der Waals surface area contributed by atoms with E-state index in [1.54, 1.807) is 6.08 Å². The van der Waals surface area contributed by atoms with Crippen molar-refractivity contribution in [2.24, 2.45) is 0 Å². The van der Waals surface area contributed by atoms with Crippen molar-refractivity contribution < 1.29 is 9.53 Å². The fraction of sp³-hybridized carbons (Fsp3) is 0.375. The highest BCUT2D eigenvalue weighted by molar-refractivity contribution is 14.1. The van der Waals surface area contributed by atoms with Gasteiger partial charge >= 0.3 is 5.97 Å². The maximum absolute atomic E-state index is 10.8. The van der Waals surface area contributed by atoms with E-state index in [1.165, 1.54) is 6.08 Å². The van der Waals surface area contributed by atoms with Crippen LogP contribution in [0.1, 0.15) is 13.8 Å². The highest BCUT2D eigenvalue weighted by Gasteiger charge is 2.28. The molecule has 0 aliphatic carbocycles. The lowest BCUT2D eigenvalue weighted by molar-refractivity contribution is -0.147. The number of carbonyl (C=O) groups excluding carboxylic acids is 1. The lowest BCUT2D eigenvalue weighted by Gasteiger charge is -2.28. The molecule has 0 spiro atoms. The van der Waals surface area contributed by atoms with Gasteiger partial charge in [-0.15, -0.1) is 0 Å². The van der Waals surface area contributed by atoms with Crippen LogP contribution in [0.5, 0.6) is 0 Å². The van der Waals surface area contributed by atoms with Gasteiger partial charge in [0.15, 0.2) is 0 Å². The lowest BCUT2D eigenvalue weighted by Crippen LogP contribution is -2.31. The summed E-state index contributed by atoms with van der Waals surface area (Å²) in [6.45, 7) is 3.75. The van der Waals surface area contributed by atoms with Crippen molar-refractivity contribution in [3.8, 4) is 0 Å². The van der Waals surface area contributed by atoms with Crippen molar-refractivity contribution in [1.82, 2.24) is 0 Å². The molecule has 0 saturated heterocycles. The molecule has 0 aromatic heterocycles. The molecule has 1 heterocycles. The first-order chi connectivity index (χ1) is 5.06. The predicted octanol–water partition coefficient (Wildman–Crippen LogP) is 2.20. The van der Waals surface area contributed by atoms with Gasteiger partial charge in [-0.05, 0) is 24.0 Å². The second kappa shape index (κ2) is 2.97. The Morgan fingerprint density at radius 2 is 2.18 bits per heavy atom. The van der Waals surface area contributed by atoms with Gasteiger partial charge in [0.25, 0.3) is 0 Å². The van der Waals surface area contributed by atoms with Crippen LogP contribution in [0, 0.1) is 0 Å². The van der Waals surface area contributed by atoms with Crippen molar-refractivity contribution in [3.05, 3.63) is 21.8 Å². The first kappa shape index (κ1) is 8.77. The summed E-state index contributed by atoms with van der Waals surface area (Å²) in [5, 5.41) is 0. The summed E-state index contributed by atoms with van der Waals surface area (Å²) in [6, 6.07) is 0. The van der Waals surface area contributed by atoms with Crippen LogP contribution in [0.25, 0.3) is 0 Å². The third-order valence-corrected chi connectivity index (χ3v) is 2.24. The normalized spacial score (nSPS) is 25.4. The Kier molecular flexibility index (Phi) is 2.37. The van der Waals surface area contributed by atoms with Crippen LogP contribution in [0.15, 0.2) is 21.8 Å². The van der Waals surface area contributed by atoms with Gasteiger partial charge in [0.1, 0.15) is 5.60 Å². The molecular formula is C8H9IO2. The molecule has 0 aromatic rings. The molecule has 0 atom stereocenters. The smallest absolute Gasteiger partial charge is 0.331 e. The van der Waals surface area contributed by atoms with Crippen LogP contribution in [-0.4, -0.2) is 11.6 Å². The van der Waals surface area contributed by atoms with Gasteiger partial charge < -0.3 is 4.74 Å². The molecule has 1 aliphatic heterocycles. The minimum Gasteiger partial charge on any atom is -0.452 e. The molecule has 2 nitrogen and oxygen atoms in total. The summed E-state index contributed by atoms with van der Waals surface area (Å²) in [5.74, 6) is -0.267. The Hall–Kier alpha value is -0.320. The second-order valence-corrected chi connectivity index (χ2v) is 3.45. The van der Waals surface area contributed by atoms with E-state index in [2.05, 4.69) is 22.6 Å². The second-order valence-electron chi connectivity index (χ2n) is 2.83. The fourth-order valence-corrected chi connectivity index (χ4v) is 1.83. The van der Waals surface area contributed by atoms with E-state index in [4.69, 9.17) is 4.74 Å². The molecular weight excluding hydrogens is 255 g/mol. The molecule has 0 unspecified atom stereocenters. The summed E-state index contributed by atoms with van der Waals surface area (Å²) in [6.07, 6.45) is 3.23. The van der Waals surface area contributed by atoms with Crippen molar-refractivity contribution in [3.63, 3.8) is 0 Å². The van der Waals surface area contributed by atoms with E-state index >= 15 is 0 Å². The molecule has 0 radical (unpaired) electrons. The summed E-state index contributed by atoms with van der Waals surface area (Å²) in [4.78, 5) is 10.8. The minimum atomic E-state index is -0.465. The Balaban J connectivity index is 2.99. The molecule has 0 amide bonds. The van der Waals surface area contributed by atoms with Crippen LogP contribution in [0.2, 0.25) is 0 Å². The van der Waals surface area contributed by atoms with E-state index in [0.29, 0.717) is 0 Å². The fourth-order valence-electron chi connectivity index (χ4n) is 0.871. The SMILES string of the molecule is CC1(C)OC(=O)C=C/C1=C\I. The van der Waals surface area contributed by atoms with Gasteiger partial charge in [0.2, 0.25) is 0 Å². The van der Waals surface area contributed by atoms with Crippen LogP contribution in [0.4, 0.5) is 0 Å². The largest absolute Gasteiger partial charge is 0.452 e. The van der Waals surface area contributed by atoms with Crippen LogP contribution < -0.4 is 0 Å². The number of rotatable bonds is 0. The molecule has 60 valence electrons. The zero-order chi connectivity index (χ0) is 8.48. The first-order valence-electron chi connectivity index (χ1n) is 3.28. The van der Waals surface area contributed by atoms with Crippen LogP contribution >= 0.6 is 22.6 Å². The third-order valence-electron chi connectivity index (χ3n) is 1.57. The molecule has 1 aliphatic rings. The number of halogens is 1. The Bertz CT molecular complexity index is 238. The van der Waals surface area contributed by atoms with E-state index in [1.807, 2.05) is 17.9 Å². The highest BCUT2D eigenvalue weighted by atomic mass is 127. The quantitative estimate of drug-likeness (QED) is 0.495. The van der Waals surface area contributed by atoms with Gasteiger partial charge in [0, 0.05) is 11.6 Å². The van der Waals surface area contributed by atoms with E-state index in [-0.39, 0.29) is 5.97 Å². The molecule has 0 fully saturated rings. The number of ether oxygens (including phenoxy) is 1. The van der Waals surface area contributed by atoms with Gasteiger partial charge in [-0.25, -0.2) is 4.79 Å². The highest BCUT2D eigenvalue weighted by Crippen LogP contribution is 2.26. The maximum atomic E-state index is 10.8. The maximum Gasteiger partial charge on any atom is 0.331 e. The Labute approximate surface area is 79.4 Å². The summed E-state index contributed by atoms with van der Waals surface area (Å²) in [7, 11) is 0. The molecule has 0 bridgehead atoms. The number of hydrogen-bond acceptors (Lipinski definition) is 2. The monoisotopic (exact) mass is 264 g/mol. The van der Waals surface area contributed by atoms with Gasteiger partial charge in [-0.3, -0.25) is 0 Å². The van der Waals surface area contributed by atoms with Crippen molar-refractivity contribution in [2.45, 2.75) is 19.4 Å². The molecule has 3 heteroatoms. The molecule has 0 N–H and O–H groups in total. The lowest BCUT2D eigenvalue weighted by atomic mass is 9.97. The summed E-state index contributed by atoms with van der Waals surface area (Å²) < 4.78 is 7.00. The first-order valence-corrected chi connectivity index (χ1v) is 4.53. The zero-order valence-corrected chi connectivity index (χ0v) is 8.58. The van der Waals surface area contributed by atoms with Crippen LogP contribution in [-0.2, 0) is 9.53 Å². The van der Waals surface area contributed by atoms with Crippen molar-refractivity contribution in [2.75, 3.05) is 0 Å². The third kappa shape index (κ3) is 1.83. The molecule has 1 rings (SSSR count). The average Bonchev–Trinajstić information content (AvgIpc) is 1.85. The zero-order valence-electron chi connectivity index (χ0n) is 6.43. The van der Waals surface area contributed by atoms with E-state index < -0.39 is 5.60 Å². The Morgan fingerprint density at radius 3 is 2.64 bits per heavy atom. The number of hydrogen-bond donors (Lipinski definition) is 0. The number of esters is 1. The van der Waals surface area contributed by atoms with E-state index in [0.717, 1.165) is 5.57 Å².